The predicted molar refractivity (Wildman–Crippen MR) is 102 cm³/mol. The van der Waals surface area contributed by atoms with Crippen LogP contribution in [-0.4, -0.2) is 32.9 Å². The molecule has 8 heteroatoms. The molecule has 0 bridgehead atoms. The Hall–Kier alpha value is -2.87. The van der Waals surface area contributed by atoms with Gasteiger partial charge in [0.1, 0.15) is 5.75 Å². The number of aryl methyl sites for hydroxylation is 1. The molecule has 0 atom stereocenters. The van der Waals surface area contributed by atoms with Crippen LogP contribution >= 0.6 is 0 Å². The van der Waals surface area contributed by atoms with E-state index in [0.717, 1.165) is 11.8 Å². The zero-order chi connectivity index (χ0) is 19.2. The molecule has 0 aliphatic heterocycles. The van der Waals surface area contributed by atoms with Gasteiger partial charge in [0.05, 0.1) is 12.0 Å². The second-order valence-corrected chi connectivity index (χ2v) is 7.49. The highest BCUT2D eigenvalue weighted by Crippen LogP contribution is 2.16. The van der Waals surface area contributed by atoms with Crippen molar-refractivity contribution in [2.24, 2.45) is 5.10 Å². The Bertz CT molecular complexity index is 924. The van der Waals surface area contributed by atoms with E-state index in [1.807, 2.05) is 25.1 Å². The topological polar surface area (TPSA) is 96.9 Å². The quantitative estimate of drug-likeness (QED) is 0.573. The molecule has 0 saturated heterocycles. The Morgan fingerprint density at radius 2 is 1.88 bits per heavy atom. The first-order chi connectivity index (χ1) is 12.2. The Balaban J connectivity index is 1.96. The number of carbonyl (C=O) groups excluding carboxylic acids is 1. The van der Waals surface area contributed by atoms with Crippen molar-refractivity contribution in [2.75, 3.05) is 17.6 Å². The number of benzene rings is 2. The van der Waals surface area contributed by atoms with Crippen LogP contribution < -0.4 is 14.9 Å². The molecule has 0 heterocycles. The Kier molecular flexibility index (Phi) is 6.35. The van der Waals surface area contributed by atoms with Gasteiger partial charge in [-0.15, -0.1) is 0 Å². The van der Waals surface area contributed by atoms with E-state index >= 15 is 0 Å². The number of nitrogens with one attached hydrogen (secondary N) is 2. The van der Waals surface area contributed by atoms with E-state index in [1.54, 1.807) is 37.3 Å². The molecule has 1 amide bonds. The van der Waals surface area contributed by atoms with Crippen molar-refractivity contribution < 1.29 is 17.9 Å². The Morgan fingerprint density at radius 1 is 1.15 bits per heavy atom. The lowest BCUT2D eigenvalue weighted by Crippen LogP contribution is -2.25. The first-order valence-electron chi connectivity index (χ1n) is 7.84. The third-order valence-electron chi connectivity index (χ3n) is 3.38. The molecule has 0 aliphatic carbocycles. The lowest BCUT2D eigenvalue weighted by molar-refractivity contribution is -0.123. The van der Waals surface area contributed by atoms with Crippen LogP contribution in [0.5, 0.6) is 5.75 Å². The smallest absolute Gasteiger partial charge is 0.277 e. The standard InChI is InChI=1S/C18H21N3O4S/c1-13-7-4-5-10-17(13)25-12-18(22)20-19-14(2)15-8-6-9-16(11-15)21-26(3,23)24/h4-11,21H,12H2,1-3H3,(H,20,22)/b19-14+. The molecule has 0 spiro atoms. The van der Waals surface area contributed by atoms with Gasteiger partial charge in [-0.1, -0.05) is 30.3 Å². The fourth-order valence-electron chi connectivity index (χ4n) is 2.13. The molecule has 26 heavy (non-hydrogen) atoms. The minimum Gasteiger partial charge on any atom is -0.483 e. The highest BCUT2D eigenvalue weighted by Gasteiger charge is 2.06. The van der Waals surface area contributed by atoms with Crippen LogP contribution in [0.15, 0.2) is 53.6 Å². The van der Waals surface area contributed by atoms with Gasteiger partial charge in [-0.2, -0.15) is 5.10 Å². The van der Waals surface area contributed by atoms with Crippen molar-refractivity contribution in [3.63, 3.8) is 0 Å². The second-order valence-electron chi connectivity index (χ2n) is 5.74. The first kappa shape index (κ1) is 19.5. The van der Waals surface area contributed by atoms with Gasteiger partial charge in [-0.05, 0) is 43.2 Å². The normalized spacial score (nSPS) is 11.7. The highest BCUT2D eigenvalue weighted by molar-refractivity contribution is 7.92. The van der Waals surface area contributed by atoms with Gasteiger partial charge in [-0.3, -0.25) is 9.52 Å². The van der Waals surface area contributed by atoms with E-state index in [1.165, 1.54) is 0 Å². The van der Waals surface area contributed by atoms with Crippen molar-refractivity contribution >= 4 is 27.3 Å². The summed E-state index contributed by atoms with van der Waals surface area (Å²) in [5.41, 5.74) is 5.00. The minimum atomic E-state index is -3.36. The van der Waals surface area contributed by atoms with Crippen molar-refractivity contribution in [2.45, 2.75) is 13.8 Å². The summed E-state index contributed by atoms with van der Waals surface area (Å²) in [6, 6.07) is 14.1. The highest BCUT2D eigenvalue weighted by atomic mass is 32.2. The average Bonchev–Trinajstić information content (AvgIpc) is 2.57. The van der Waals surface area contributed by atoms with Crippen molar-refractivity contribution in [1.29, 1.82) is 0 Å². The van der Waals surface area contributed by atoms with E-state index in [4.69, 9.17) is 4.74 Å². The molecule has 2 rings (SSSR count). The fraction of sp³-hybridized carbons (Fsp3) is 0.222. The number of anilines is 1. The Morgan fingerprint density at radius 3 is 2.58 bits per heavy atom. The summed E-state index contributed by atoms with van der Waals surface area (Å²) in [7, 11) is -3.36. The molecule has 138 valence electrons. The van der Waals surface area contributed by atoms with Gasteiger partial charge in [0.15, 0.2) is 6.61 Å². The number of ether oxygens (including phenoxy) is 1. The monoisotopic (exact) mass is 375 g/mol. The van der Waals surface area contributed by atoms with Gasteiger partial charge in [-0.25, -0.2) is 13.8 Å². The molecule has 0 aliphatic rings. The lowest BCUT2D eigenvalue weighted by atomic mass is 10.1. The summed E-state index contributed by atoms with van der Waals surface area (Å²) in [5.74, 6) is 0.251. The van der Waals surface area contributed by atoms with Crippen molar-refractivity contribution in [3.05, 3.63) is 59.7 Å². The molecule has 0 radical (unpaired) electrons. The maximum Gasteiger partial charge on any atom is 0.277 e. The van der Waals surface area contributed by atoms with Gasteiger partial charge >= 0.3 is 0 Å². The summed E-state index contributed by atoms with van der Waals surface area (Å²) in [6.45, 7) is 3.45. The predicted octanol–water partition coefficient (Wildman–Crippen LogP) is 2.29. The third kappa shape index (κ3) is 6.21. The fourth-order valence-corrected chi connectivity index (χ4v) is 2.68. The number of hydrogen-bond acceptors (Lipinski definition) is 5. The van der Waals surface area contributed by atoms with Crippen LogP contribution in [0.1, 0.15) is 18.1 Å². The van der Waals surface area contributed by atoms with E-state index in [9.17, 15) is 13.2 Å². The molecular weight excluding hydrogens is 354 g/mol. The lowest BCUT2D eigenvalue weighted by Gasteiger charge is -2.08. The number of hydrazone groups is 1. The molecule has 0 fully saturated rings. The van der Waals surface area contributed by atoms with Crippen LogP contribution in [0.2, 0.25) is 0 Å². The number of sulfonamides is 1. The van der Waals surface area contributed by atoms with E-state index < -0.39 is 15.9 Å². The SMILES string of the molecule is C/C(=N\NC(=O)COc1ccccc1C)c1cccc(NS(C)(=O)=O)c1. The van der Waals surface area contributed by atoms with E-state index in [2.05, 4.69) is 15.2 Å². The summed E-state index contributed by atoms with van der Waals surface area (Å²) in [6.07, 6.45) is 1.08. The van der Waals surface area contributed by atoms with Gasteiger partial charge in [0, 0.05) is 5.69 Å². The summed E-state index contributed by atoms with van der Waals surface area (Å²) in [4.78, 5) is 11.9. The van der Waals surface area contributed by atoms with Crippen molar-refractivity contribution in [1.82, 2.24) is 5.43 Å². The zero-order valence-electron chi connectivity index (χ0n) is 14.8. The maximum atomic E-state index is 11.9. The third-order valence-corrected chi connectivity index (χ3v) is 3.99. The van der Waals surface area contributed by atoms with Gasteiger partial charge in [0.2, 0.25) is 10.0 Å². The van der Waals surface area contributed by atoms with Crippen LogP contribution in [0.4, 0.5) is 5.69 Å². The number of carbonyl (C=O) groups is 1. The molecule has 2 N–H and O–H groups in total. The summed E-state index contributed by atoms with van der Waals surface area (Å²) >= 11 is 0. The van der Waals surface area contributed by atoms with Crippen molar-refractivity contribution in [3.8, 4) is 5.75 Å². The minimum absolute atomic E-state index is 0.155. The van der Waals surface area contributed by atoms with Crippen LogP contribution in [0.3, 0.4) is 0 Å². The molecule has 0 aromatic heterocycles. The average molecular weight is 375 g/mol. The molecule has 0 unspecified atom stereocenters. The molecule has 2 aromatic carbocycles. The maximum absolute atomic E-state index is 11.9. The summed E-state index contributed by atoms with van der Waals surface area (Å²) in [5, 5.41) is 4.03. The molecular formula is C18H21N3O4S. The number of amides is 1. The molecule has 2 aromatic rings. The number of nitrogens with zero attached hydrogens (tertiary/aromatic N) is 1. The summed E-state index contributed by atoms with van der Waals surface area (Å²) < 4.78 is 30.4. The van der Waals surface area contributed by atoms with Gasteiger partial charge in [0.25, 0.3) is 5.91 Å². The second kappa shape index (κ2) is 8.48. The van der Waals surface area contributed by atoms with Crippen LogP contribution in [0.25, 0.3) is 0 Å². The van der Waals surface area contributed by atoms with E-state index in [0.29, 0.717) is 22.7 Å². The van der Waals surface area contributed by atoms with Crippen LogP contribution in [-0.2, 0) is 14.8 Å². The largest absolute Gasteiger partial charge is 0.483 e. The zero-order valence-corrected chi connectivity index (χ0v) is 15.6. The van der Waals surface area contributed by atoms with Crippen LogP contribution in [0, 0.1) is 6.92 Å². The Labute approximate surface area is 153 Å². The molecule has 7 nitrogen and oxygen atoms in total. The first-order valence-corrected chi connectivity index (χ1v) is 9.73. The van der Waals surface area contributed by atoms with Gasteiger partial charge < -0.3 is 4.74 Å². The van der Waals surface area contributed by atoms with E-state index in [-0.39, 0.29) is 6.61 Å². The number of rotatable bonds is 7. The number of para-hydroxylation sites is 1. The molecule has 0 saturated carbocycles. The number of hydrogen-bond donors (Lipinski definition) is 2.